The number of nitrogens with one attached hydrogen (secondary N) is 3. The zero-order chi connectivity index (χ0) is 25.3. The van der Waals surface area contributed by atoms with Crippen LogP contribution in [0.1, 0.15) is 22.8 Å². The molecule has 2 aromatic carbocycles. The number of imide groups is 1. The summed E-state index contributed by atoms with van der Waals surface area (Å²) in [6, 6.07) is 11.3. The Morgan fingerprint density at radius 3 is 2.14 bits per heavy atom. The van der Waals surface area contributed by atoms with Gasteiger partial charge in [0, 0.05) is 5.56 Å². The van der Waals surface area contributed by atoms with Crippen molar-refractivity contribution < 1.29 is 27.9 Å². The highest BCUT2D eigenvalue weighted by Gasteiger charge is 2.27. The number of halogens is 1. The number of aliphatic imine (C=N–C) groups is 1. The first kappa shape index (κ1) is 29.5. The molecule has 0 spiro atoms. The molecule has 3 amide bonds. The maximum atomic E-state index is 12.4. The summed E-state index contributed by atoms with van der Waals surface area (Å²) in [6.07, 6.45) is 0. The Morgan fingerprint density at radius 2 is 1.60 bits per heavy atom. The van der Waals surface area contributed by atoms with Gasteiger partial charge in [-0.15, -0.1) is 12.4 Å². The van der Waals surface area contributed by atoms with E-state index in [4.69, 9.17) is 11.5 Å². The highest BCUT2D eigenvalue weighted by Crippen LogP contribution is 2.12. The number of rotatable bonds is 10. The van der Waals surface area contributed by atoms with E-state index < -0.39 is 52.2 Å². The van der Waals surface area contributed by atoms with Crippen LogP contribution in [0.5, 0.6) is 0 Å². The molecule has 0 aliphatic heterocycles. The molecule has 0 fully saturated rings. The monoisotopic (exact) mass is 526 g/mol. The van der Waals surface area contributed by atoms with Gasteiger partial charge in [0.2, 0.25) is 21.8 Å². The summed E-state index contributed by atoms with van der Waals surface area (Å²) in [5.41, 5.74) is 11.6. The molecule has 0 saturated heterocycles. The Balaban J connectivity index is 0.00000612. The second-order valence-corrected chi connectivity index (χ2v) is 8.98. The van der Waals surface area contributed by atoms with Crippen LogP contribution in [0.4, 0.5) is 5.69 Å². The summed E-state index contributed by atoms with van der Waals surface area (Å²) in [6.45, 7) is 0.463. The number of hydrogen-bond donors (Lipinski definition) is 6. The first-order valence-corrected chi connectivity index (χ1v) is 11.7. The minimum Gasteiger partial charge on any atom is -0.394 e. The molecule has 190 valence electrons. The number of guanidine groups is 1. The molecular formula is C21H27ClN6O6S. The van der Waals surface area contributed by atoms with Gasteiger partial charge < -0.3 is 21.9 Å². The van der Waals surface area contributed by atoms with E-state index in [0.29, 0.717) is 11.3 Å². The molecule has 12 nitrogen and oxygen atoms in total. The molecule has 0 unspecified atom stereocenters. The molecule has 2 rings (SSSR count). The van der Waals surface area contributed by atoms with Gasteiger partial charge in [-0.05, 0) is 36.8 Å². The number of nitrogens with zero attached hydrogens (tertiary/aromatic N) is 1. The summed E-state index contributed by atoms with van der Waals surface area (Å²) in [5, 5.41) is 13.9. The average Bonchev–Trinajstić information content (AvgIpc) is 2.77. The fourth-order valence-electron chi connectivity index (χ4n) is 2.73. The second-order valence-electron chi connectivity index (χ2n) is 7.23. The van der Waals surface area contributed by atoms with Crippen LogP contribution in [0.15, 0.2) is 59.6 Å². The molecule has 0 bridgehead atoms. The zero-order valence-electron chi connectivity index (χ0n) is 18.7. The predicted molar refractivity (Wildman–Crippen MR) is 132 cm³/mol. The Labute approximate surface area is 208 Å². The molecule has 0 radical (unpaired) electrons. The van der Waals surface area contributed by atoms with Crippen molar-refractivity contribution in [2.45, 2.75) is 24.8 Å². The van der Waals surface area contributed by atoms with Crippen LogP contribution in [-0.2, 0) is 25.4 Å². The minimum absolute atomic E-state index is 0. The molecule has 2 aromatic rings. The van der Waals surface area contributed by atoms with Gasteiger partial charge in [-0.2, -0.15) is 0 Å². The third kappa shape index (κ3) is 9.70. The van der Waals surface area contributed by atoms with Crippen LogP contribution >= 0.6 is 12.4 Å². The Hall–Kier alpha value is -3.52. The second kappa shape index (κ2) is 13.4. The number of nitrogens with two attached hydrogens (primary N) is 2. The highest BCUT2D eigenvalue weighted by atomic mass is 35.5. The third-order valence-corrected chi connectivity index (χ3v) is 5.75. The van der Waals surface area contributed by atoms with Crippen LogP contribution in [0.3, 0.4) is 0 Å². The van der Waals surface area contributed by atoms with Crippen molar-refractivity contribution >= 4 is 51.8 Å². The average molecular weight is 527 g/mol. The molecule has 2 atom stereocenters. The van der Waals surface area contributed by atoms with Gasteiger partial charge >= 0.3 is 0 Å². The Bertz CT molecular complexity index is 1150. The Kier molecular flexibility index (Phi) is 11.3. The van der Waals surface area contributed by atoms with Crippen molar-refractivity contribution in [1.82, 2.24) is 15.4 Å². The topological polar surface area (TPSA) is 206 Å². The summed E-state index contributed by atoms with van der Waals surface area (Å²) in [4.78, 5) is 40.8. The molecule has 0 aliphatic carbocycles. The van der Waals surface area contributed by atoms with E-state index in [1.165, 1.54) is 31.2 Å². The van der Waals surface area contributed by atoms with E-state index in [-0.39, 0.29) is 23.9 Å². The van der Waals surface area contributed by atoms with Crippen molar-refractivity contribution in [3.63, 3.8) is 0 Å². The third-order valence-electron chi connectivity index (χ3n) is 4.40. The summed E-state index contributed by atoms with van der Waals surface area (Å²) < 4.78 is 26.8. The fourth-order valence-corrected chi connectivity index (χ4v) is 4.06. The van der Waals surface area contributed by atoms with Crippen molar-refractivity contribution in [2.24, 2.45) is 16.5 Å². The lowest BCUT2D eigenvalue weighted by atomic mass is 10.2. The first-order chi connectivity index (χ1) is 16.0. The minimum atomic E-state index is -3.96. The number of aliphatic hydroxyl groups excluding tert-OH is 1. The van der Waals surface area contributed by atoms with Crippen molar-refractivity contribution in [3.05, 3.63) is 65.7 Å². The molecule has 0 aromatic heterocycles. The molecule has 8 N–H and O–H groups in total. The van der Waals surface area contributed by atoms with E-state index in [9.17, 15) is 27.9 Å². The lowest BCUT2D eigenvalue weighted by molar-refractivity contribution is -0.129. The highest BCUT2D eigenvalue weighted by molar-refractivity contribution is 7.88. The largest absolute Gasteiger partial charge is 0.394 e. The molecule has 0 aliphatic rings. The smallest absolute Gasteiger partial charge is 0.257 e. The first-order valence-electron chi connectivity index (χ1n) is 10.0. The maximum Gasteiger partial charge on any atom is 0.257 e. The molecule has 0 heterocycles. The van der Waals surface area contributed by atoms with E-state index >= 15 is 0 Å². The molecular weight excluding hydrogens is 500 g/mol. The molecule has 0 saturated carbocycles. The van der Waals surface area contributed by atoms with Gasteiger partial charge in [-0.25, -0.2) is 18.1 Å². The zero-order valence-corrected chi connectivity index (χ0v) is 20.3. The predicted octanol–water partition coefficient (Wildman–Crippen LogP) is -0.745. The lowest BCUT2D eigenvalue weighted by Gasteiger charge is -2.19. The molecule has 35 heavy (non-hydrogen) atoms. The number of carbonyl (C=O) groups excluding carboxylic acids is 3. The van der Waals surface area contributed by atoms with Crippen LogP contribution in [0.2, 0.25) is 0 Å². The summed E-state index contributed by atoms with van der Waals surface area (Å²) in [7, 11) is -3.96. The number of hydrogen-bond acceptors (Lipinski definition) is 7. The fraction of sp³-hybridized carbons (Fsp3) is 0.238. The number of aliphatic hydroxyl groups is 1. The number of sulfonamides is 1. The van der Waals surface area contributed by atoms with Crippen LogP contribution in [0, 0.1) is 0 Å². The quantitative estimate of drug-likeness (QED) is 0.171. The van der Waals surface area contributed by atoms with E-state index in [0.717, 1.165) is 0 Å². The van der Waals surface area contributed by atoms with Gasteiger partial charge in [0.05, 0.1) is 18.0 Å². The van der Waals surface area contributed by atoms with E-state index in [1.807, 2.05) is 0 Å². The normalized spacial score (nSPS) is 12.4. The number of carbonyl (C=O) groups is 3. The van der Waals surface area contributed by atoms with Crippen LogP contribution in [-0.4, -0.2) is 55.9 Å². The van der Waals surface area contributed by atoms with Gasteiger partial charge in [0.25, 0.3) is 5.91 Å². The number of amides is 3. The van der Waals surface area contributed by atoms with E-state index in [2.05, 4.69) is 20.3 Å². The standard InChI is InChI=1S/C21H26N6O6S.ClH/c1-13(18(29)26-19(30)15-7-9-16(10-8-15)25-21(22)23)24-20(31)17(11-28)27-34(32,33)12-14-5-3-2-4-6-14;/h2-10,13,17,27-28H,11-12H2,1H3,(H,24,31)(H4,22,23,25)(H,26,29,30);1H/t13-,17-;/m0./s1. The van der Waals surface area contributed by atoms with Gasteiger partial charge in [-0.1, -0.05) is 30.3 Å². The Morgan fingerprint density at radius 1 is 1.00 bits per heavy atom. The maximum absolute atomic E-state index is 12.4. The van der Waals surface area contributed by atoms with Crippen LogP contribution < -0.4 is 26.8 Å². The lowest BCUT2D eigenvalue weighted by Crippen LogP contribution is -2.54. The summed E-state index contributed by atoms with van der Waals surface area (Å²) >= 11 is 0. The number of benzene rings is 2. The van der Waals surface area contributed by atoms with Gasteiger partial charge in [0.1, 0.15) is 12.1 Å². The van der Waals surface area contributed by atoms with Crippen molar-refractivity contribution in [2.75, 3.05) is 6.61 Å². The van der Waals surface area contributed by atoms with Crippen molar-refractivity contribution in [1.29, 1.82) is 0 Å². The summed E-state index contributed by atoms with van der Waals surface area (Å²) in [5.74, 6) is -3.05. The van der Waals surface area contributed by atoms with Crippen LogP contribution in [0.25, 0.3) is 0 Å². The van der Waals surface area contributed by atoms with Gasteiger partial charge in [0.15, 0.2) is 5.96 Å². The molecule has 14 heteroatoms. The van der Waals surface area contributed by atoms with Gasteiger partial charge in [-0.3, -0.25) is 19.7 Å². The van der Waals surface area contributed by atoms with E-state index in [1.54, 1.807) is 30.3 Å². The SMILES string of the molecule is C[C@H](NC(=O)[C@H](CO)NS(=O)(=O)Cc1ccccc1)C(=O)NC(=O)c1ccc(N=C(N)N)cc1.Cl. The van der Waals surface area contributed by atoms with Crippen molar-refractivity contribution in [3.8, 4) is 0 Å².